The molecule has 21 heavy (non-hydrogen) atoms. The maximum Gasteiger partial charge on any atom is 0.118 e. The van der Waals surface area contributed by atoms with E-state index < -0.39 is 0 Å². The lowest BCUT2D eigenvalue weighted by atomic mass is 9.85. The van der Waals surface area contributed by atoms with Crippen LogP contribution in [0.5, 0.6) is 0 Å². The van der Waals surface area contributed by atoms with Crippen molar-refractivity contribution in [3.8, 4) is 0 Å². The number of hydrogen-bond acceptors (Lipinski definition) is 3. The van der Waals surface area contributed by atoms with Gasteiger partial charge < -0.3 is 9.73 Å². The van der Waals surface area contributed by atoms with Gasteiger partial charge in [-0.1, -0.05) is 33.6 Å². The Morgan fingerprint density at radius 3 is 2.71 bits per heavy atom. The minimum Gasteiger partial charge on any atom is -0.465 e. The molecule has 1 N–H and O–H groups in total. The topological polar surface area (TPSA) is 28.4 Å². The van der Waals surface area contributed by atoms with Crippen molar-refractivity contribution in [2.45, 2.75) is 78.6 Å². The molecule has 1 aromatic heterocycles. The third kappa shape index (κ3) is 4.58. The van der Waals surface area contributed by atoms with Gasteiger partial charge >= 0.3 is 0 Å². The normalized spacial score (nSPS) is 23.2. The first-order valence-electron chi connectivity index (χ1n) is 8.49. The summed E-state index contributed by atoms with van der Waals surface area (Å²) in [4.78, 5) is 2.49. The molecular formula is C18H32N2O. The summed E-state index contributed by atoms with van der Waals surface area (Å²) in [5.41, 5.74) is 1.30. The zero-order valence-electron chi connectivity index (χ0n) is 14.4. The van der Waals surface area contributed by atoms with Crippen LogP contribution in [0, 0.1) is 12.8 Å². The Hall–Kier alpha value is -0.800. The second-order valence-corrected chi connectivity index (χ2v) is 7.07. The Balaban J connectivity index is 1.94. The van der Waals surface area contributed by atoms with Gasteiger partial charge in [0.15, 0.2) is 0 Å². The van der Waals surface area contributed by atoms with Crippen LogP contribution in [-0.2, 0) is 13.1 Å². The lowest BCUT2D eigenvalue weighted by Crippen LogP contribution is -2.38. The first kappa shape index (κ1) is 16.6. The molecule has 1 heterocycles. The highest BCUT2D eigenvalue weighted by Gasteiger charge is 2.25. The first-order valence-corrected chi connectivity index (χ1v) is 8.49. The zero-order valence-corrected chi connectivity index (χ0v) is 14.4. The molecule has 120 valence electrons. The summed E-state index contributed by atoms with van der Waals surface area (Å²) in [6, 6.07) is 3.45. The van der Waals surface area contributed by atoms with Crippen LogP contribution in [-0.4, -0.2) is 24.0 Å². The largest absolute Gasteiger partial charge is 0.465 e. The van der Waals surface area contributed by atoms with E-state index >= 15 is 0 Å². The van der Waals surface area contributed by atoms with Gasteiger partial charge in [0.25, 0.3) is 0 Å². The Labute approximate surface area is 130 Å². The van der Waals surface area contributed by atoms with Gasteiger partial charge in [-0.2, -0.15) is 0 Å². The molecule has 1 aromatic rings. The molecule has 1 fully saturated rings. The Morgan fingerprint density at radius 1 is 1.33 bits per heavy atom. The molecule has 2 unspecified atom stereocenters. The van der Waals surface area contributed by atoms with Crippen LogP contribution in [0.3, 0.4) is 0 Å². The molecule has 0 radical (unpaired) electrons. The van der Waals surface area contributed by atoms with E-state index in [1.165, 1.54) is 31.2 Å². The van der Waals surface area contributed by atoms with E-state index in [1.54, 1.807) is 0 Å². The fourth-order valence-corrected chi connectivity index (χ4v) is 3.47. The summed E-state index contributed by atoms with van der Waals surface area (Å²) < 4.78 is 5.96. The van der Waals surface area contributed by atoms with Crippen LogP contribution in [0.4, 0.5) is 0 Å². The summed E-state index contributed by atoms with van der Waals surface area (Å²) >= 11 is 0. The highest BCUT2D eigenvalue weighted by molar-refractivity contribution is 5.20. The smallest absolute Gasteiger partial charge is 0.118 e. The second kappa shape index (κ2) is 7.46. The number of nitrogens with one attached hydrogen (secondary N) is 1. The number of aryl methyl sites for hydroxylation is 1. The van der Waals surface area contributed by atoms with E-state index in [0.717, 1.165) is 30.5 Å². The van der Waals surface area contributed by atoms with Crippen LogP contribution >= 0.6 is 0 Å². The van der Waals surface area contributed by atoms with Crippen molar-refractivity contribution in [2.75, 3.05) is 7.05 Å². The van der Waals surface area contributed by atoms with Crippen molar-refractivity contribution >= 4 is 0 Å². The van der Waals surface area contributed by atoms with Crippen molar-refractivity contribution in [2.24, 2.45) is 5.92 Å². The van der Waals surface area contributed by atoms with Crippen LogP contribution in [0.1, 0.15) is 63.5 Å². The molecule has 3 heteroatoms. The third-order valence-corrected chi connectivity index (χ3v) is 4.81. The van der Waals surface area contributed by atoms with Crippen molar-refractivity contribution in [3.05, 3.63) is 23.2 Å². The Morgan fingerprint density at radius 2 is 2.05 bits per heavy atom. The summed E-state index contributed by atoms with van der Waals surface area (Å²) in [5.74, 6) is 2.97. The van der Waals surface area contributed by atoms with Gasteiger partial charge in [-0.15, -0.1) is 0 Å². The molecule has 1 aliphatic carbocycles. The fourth-order valence-electron chi connectivity index (χ4n) is 3.47. The lowest BCUT2D eigenvalue weighted by molar-refractivity contribution is 0.125. The highest BCUT2D eigenvalue weighted by atomic mass is 16.3. The maximum absolute atomic E-state index is 5.96. The zero-order chi connectivity index (χ0) is 15.4. The number of nitrogens with zero attached hydrogens (tertiary/aromatic N) is 1. The summed E-state index contributed by atoms with van der Waals surface area (Å²) in [6.45, 7) is 10.6. The molecule has 0 amide bonds. The van der Waals surface area contributed by atoms with Crippen molar-refractivity contribution < 1.29 is 4.42 Å². The molecule has 1 aliphatic rings. The minimum atomic E-state index is 0.508. The van der Waals surface area contributed by atoms with Crippen LogP contribution in [0.25, 0.3) is 0 Å². The van der Waals surface area contributed by atoms with E-state index in [9.17, 15) is 0 Å². The van der Waals surface area contributed by atoms with Gasteiger partial charge in [-0.05, 0) is 38.8 Å². The predicted octanol–water partition coefficient (Wildman–Crippen LogP) is 4.10. The Bertz CT molecular complexity index is 438. The summed E-state index contributed by atoms with van der Waals surface area (Å²) in [6.07, 6.45) is 5.48. The number of furan rings is 1. The molecule has 1 saturated carbocycles. The monoisotopic (exact) mass is 292 g/mol. The highest BCUT2D eigenvalue weighted by Crippen LogP contribution is 2.28. The Kier molecular flexibility index (Phi) is 5.88. The number of hydrogen-bond donors (Lipinski definition) is 1. The third-order valence-electron chi connectivity index (χ3n) is 4.81. The van der Waals surface area contributed by atoms with Gasteiger partial charge in [0.1, 0.15) is 11.5 Å². The fraction of sp³-hybridized carbons (Fsp3) is 0.778. The summed E-state index contributed by atoms with van der Waals surface area (Å²) in [5, 5.41) is 3.47. The van der Waals surface area contributed by atoms with E-state index in [2.05, 4.69) is 51.0 Å². The van der Waals surface area contributed by atoms with Gasteiger partial charge in [0.05, 0.1) is 6.54 Å². The lowest BCUT2D eigenvalue weighted by Gasteiger charge is -2.35. The van der Waals surface area contributed by atoms with Crippen molar-refractivity contribution in [1.82, 2.24) is 10.2 Å². The predicted molar refractivity (Wildman–Crippen MR) is 88.3 cm³/mol. The maximum atomic E-state index is 5.96. The average molecular weight is 292 g/mol. The minimum absolute atomic E-state index is 0.508. The van der Waals surface area contributed by atoms with E-state index in [1.807, 2.05) is 0 Å². The van der Waals surface area contributed by atoms with Gasteiger partial charge in [0.2, 0.25) is 0 Å². The van der Waals surface area contributed by atoms with Crippen molar-refractivity contribution in [1.29, 1.82) is 0 Å². The molecule has 0 bridgehead atoms. The molecular weight excluding hydrogens is 260 g/mol. The molecule has 0 saturated heterocycles. The molecule has 0 aliphatic heterocycles. The van der Waals surface area contributed by atoms with E-state index in [4.69, 9.17) is 4.42 Å². The van der Waals surface area contributed by atoms with E-state index in [-0.39, 0.29) is 0 Å². The molecule has 2 rings (SSSR count). The molecule has 0 spiro atoms. The van der Waals surface area contributed by atoms with Gasteiger partial charge in [-0.3, -0.25) is 4.90 Å². The first-order chi connectivity index (χ1) is 9.97. The van der Waals surface area contributed by atoms with E-state index in [0.29, 0.717) is 12.1 Å². The van der Waals surface area contributed by atoms with Gasteiger partial charge in [0, 0.05) is 24.2 Å². The SMILES string of the molecule is Cc1oc(CN(C)C2CCCCC2C)cc1CNC(C)C. The quantitative estimate of drug-likeness (QED) is 0.856. The number of rotatable bonds is 6. The molecule has 3 nitrogen and oxygen atoms in total. The summed E-state index contributed by atoms with van der Waals surface area (Å²) in [7, 11) is 2.25. The molecule has 0 aromatic carbocycles. The molecule has 2 atom stereocenters. The van der Waals surface area contributed by atoms with Crippen LogP contribution in [0.2, 0.25) is 0 Å². The van der Waals surface area contributed by atoms with Crippen molar-refractivity contribution in [3.63, 3.8) is 0 Å². The second-order valence-electron chi connectivity index (χ2n) is 7.07. The standard InChI is InChI=1S/C18H32N2O/c1-13(2)19-11-16-10-17(21-15(16)4)12-20(5)18-9-7-6-8-14(18)3/h10,13-14,18-19H,6-9,11-12H2,1-5H3. The van der Waals surface area contributed by atoms with Crippen LogP contribution < -0.4 is 5.32 Å². The van der Waals surface area contributed by atoms with Gasteiger partial charge in [-0.25, -0.2) is 0 Å². The average Bonchev–Trinajstić information content (AvgIpc) is 2.76. The van der Waals surface area contributed by atoms with Crippen LogP contribution in [0.15, 0.2) is 10.5 Å².